The van der Waals surface area contributed by atoms with Gasteiger partial charge in [0.15, 0.2) is 0 Å². The molecule has 0 atom stereocenters. The van der Waals surface area contributed by atoms with Crippen LogP contribution in [-0.2, 0) is 14.3 Å². The minimum absolute atomic E-state index is 0.116. The second-order valence-electron chi connectivity index (χ2n) is 6.30. The lowest BCUT2D eigenvalue weighted by molar-refractivity contribution is -0.113. The second-order valence-corrected chi connectivity index (χ2v) is 7.28. The largest absolute Gasteiger partial charge is 0.465 e. The van der Waals surface area contributed by atoms with E-state index in [0.29, 0.717) is 16.6 Å². The Hall–Kier alpha value is -3.59. The van der Waals surface area contributed by atoms with Crippen LogP contribution in [0.2, 0.25) is 0 Å². The van der Waals surface area contributed by atoms with Gasteiger partial charge in [0.05, 0.1) is 41.3 Å². The zero-order valence-electron chi connectivity index (χ0n) is 16.9. The molecule has 0 spiro atoms. The molecular weight excluding hydrogens is 420 g/mol. The van der Waals surface area contributed by atoms with Gasteiger partial charge in [0, 0.05) is 5.39 Å². The number of aromatic amines is 1. The first kappa shape index (κ1) is 22.1. The van der Waals surface area contributed by atoms with Crippen LogP contribution in [-0.4, -0.2) is 42.3 Å². The molecule has 9 heteroatoms. The standard InChI is InChI=1S/C22H20N2O6S/c1-3-30-21(27)14-9-5-7-11-16(14)23-17(25)12-31-20-18(22(28)29-2)19(26)13-8-4-6-10-15(13)24-20/h4-11H,3,12H2,1-2H3,(H,23,25)(H,24,26). The van der Waals surface area contributed by atoms with Gasteiger partial charge in [0.25, 0.3) is 0 Å². The summed E-state index contributed by atoms with van der Waals surface area (Å²) in [6.07, 6.45) is 0. The number of benzene rings is 2. The number of carbonyl (C=O) groups is 3. The van der Waals surface area contributed by atoms with E-state index in [0.717, 1.165) is 11.8 Å². The number of para-hydroxylation sites is 2. The number of anilines is 1. The Bertz CT molecular complexity index is 1200. The van der Waals surface area contributed by atoms with Crippen LogP contribution in [0, 0.1) is 0 Å². The average Bonchev–Trinajstić information content (AvgIpc) is 2.78. The summed E-state index contributed by atoms with van der Waals surface area (Å²) in [7, 11) is 1.18. The zero-order chi connectivity index (χ0) is 22.4. The van der Waals surface area contributed by atoms with E-state index in [1.54, 1.807) is 55.5 Å². The Labute approximate surface area is 181 Å². The van der Waals surface area contributed by atoms with Crippen molar-refractivity contribution in [2.45, 2.75) is 11.9 Å². The van der Waals surface area contributed by atoms with Gasteiger partial charge in [-0.3, -0.25) is 9.59 Å². The van der Waals surface area contributed by atoms with E-state index in [2.05, 4.69) is 10.3 Å². The molecule has 2 aromatic carbocycles. The van der Waals surface area contributed by atoms with E-state index in [9.17, 15) is 19.2 Å². The van der Waals surface area contributed by atoms with Crippen LogP contribution >= 0.6 is 11.8 Å². The van der Waals surface area contributed by atoms with E-state index >= 15 is 0 Å². The van der Waals surface area contributed by atoms with Crippen molar-refractivity contribution in [2.75, 3.05) is 24.8 Å². The first-order valence-electron chi connectivity index (χ1n) is 9.38. The zero-order valence-corrected chi connectivity index (χ0v) is 17.7. The summed E-state index contributed by atoms with van der Waals surface area (Å²) in [4.78, 5) is 52.6. The maximum Gasteiger partial charge on any atom is 0.344 e. The van der Waals surface area contributed by atoms with Gasteiger partial charge in [0.1, 0.15) is 5.56 Å². The molecule has 3 aromatic rings. The van der Waals surface area contributed by atoms with Crippen LogP contribution < -0.4 is 10.7 Å². The molecule has 1 aromatic heterocycles. The molecule has 0 bridgehead atoms. The quantitative estimate of drug-likeness (QED) is 0.428. The predicted octanol–water partition coefficient (Wildman–Crippen LogP) is 3.22. The molecule has 0 aliphatic rings. The van der Waals surface area contributed by atoms with E-state index in [1.807, 2.05) is 0 Å². The third-order valence-corrected chi connectivity index (χ3v) is 5.31. The number of methoxy groups -OCH3 is 1. The van der Waals surface area contributed by atoms with Gasteiger partial charge < -0.3 is 19.8 Å². The van der Waals surface area contributed by atoms with Crippen LogP contribution in [0.15, 0.2) is 58.4 Å². The lowest BCUT2D eigenvalue weighted by Gasteiger charge is -2.12. The molecule has 0 aliphatic heterocycles. The Morgan fingerprint density at radius 3 is 2.48 bits per heavy atom. The summed E-state index contributed by atoms with van der Waals surface area (Å²) >= 11 is 0.987. The summed E-state index contributed by atoms with van der Waals surface area (Å²) in [5, 5.41) is 3.24. The van der Waals surface area contributed by atoms with Crippen LogP contribution in [0.5, 0.6) is 0 Å². The monoisotopic (exact) mass is 440 g/mol. The molecule has 0 unspecified atom stereocenters. The van der Waals surface area contributed by atoms with Gasteiger partial charge in [-0.05, 0) is 31.2 Å². The number of hydrogen-bond donors (Lipinski definition) is 2. The first-order valence-corrected chi connectivity index (χ1v) is 10.4. The van der Waals surface area contributed by atoms with Gasteiger partial charge in [-0.1, -0.05) is 36.0 Å². The summed E-state index contributed by atoms with van der Waals surface area (Å²) in [6.45, 7) is 1.90. The molecule has 31 heavy (non-hydrogen) atoms. The predicted molar refractivity (Wildman–Crippen MR) is 118 cm³/mol. The van der Waals surface area contributed by atoms with Crippen LogP contribution in [0.1, 0.15) is 27.6 Å². The minimum atomic E-state index is -0.789. The fourth-order valence-electron chi connectivity index (χ4n) is 2.91. The van der Waals surface area contributed by atoms with Crippen molar-refractivity contribution in [3.63, 3.8) is 0 Å². The van der Waals surface area contributed by atoms with E-state index < -0.39 is 23.3 Å². The maximum atomic E-state index is 12.8. The number of ether oxygens (including phenoxy) is 2. The summed E-state index contributed by atoms with van der Waals surface area (Å²) in [5.74, 6) is -1.87. The van der Waals surface area contributed by atoms with Gasteiger partial charge in [0.2, 0.25) is 11.3 Å². The number of nitrogens with one attached hydrogen (secondary N) is 2. The third-order valence-electron chi connectivity index (χ3n) is 4.31. The maximum absolute atomic E-state index is 12.8. The first-order chi connectivity index (χ1) is 15.0. The van der Waals surface area contributed by atoms with Crippen molar-refractivity contribution >= 4 is 46.2 Å². The SMILES string of the molecule is CCOC(=O)c1ccccc1NC(=O)CSc1[nH]c2ccccc2c(=O)c1C(=O)OC. The molecule has 2 N–H and O–H groups in total. The molecule has 0 saturated heterocycles. The van der Waals surface area contributed by atoms with E-state index in [-0.39, 0.29) is 28.5 Å². The highest BCUT2D eigenvalue weighted by molar-refractivity contribution is 8.00. The number of pyridine rings is 1. The number of amides is 1. The van der Waals surface area contributed by atoms with Crippen molar-refractivity contribution in [3.8, 4) is 0 Å². The lowest BCUT2D eigenvalue weighted by Crippen LogP contribution is -2.21. The number of H-pyrrole nitrogens is 1. The average molecular weight is 440 g/mol. The highest BCUT2D eigenvalue weighted by Crippen LogP contribution is 2.23. The van der Waals surface area contributed by atoms with Gasteiger partial charge >= 0.3 is 11.9 Å². The molecule has 0 fully saturated rings. The Balaban J connectivity index is 1.83. The number of thioether (sulfide) groups is 1. The third kappa shape index (κ3) is 4.95. The lowest BCUT2D eigenvalue weighted by atomic mass is 10.1. The Kier molecular flexibility index (Phi) is 7.09. The van der Waals surface area contributed by atoms with Gasteiger partial charge in [-0.25, -0.2) is 9.59 Å². The van der Waals surface area contributed by atoms with Gasteiger partial charge in [-0.2, -0.15) is 0 Å². The normalized spacial score (nSPS) is 10.5. The molecule has 0 aliphatic carbocycles. The smallest absolute Gasteiger partial charge is 0.344 e. The highest BCUT2D eigenvalue weighted by atomic mass is 32.2. The van der Waals surface area contributed by atoms with Crippen LogP contribution in [0.3, 0.4) is 0 Å². The van der Waals surface area contributed by atoms with E-state index in [4.69, 9.17) is 9.47 Å². The Morgan fingerprint density at radius 1 is 1.03 bits per heavy atom. The van der Waals surface area contributed by atoms with Crippen LogP contribution in [0.4, 0.5) is 5.69 Å². The molecule has 0 saturated carbocycles. The number of esters is 2. The van der Waals surface area contributed by atoms with Crippen molar-refractivity contribution in [3.05, 3.63) is 69.9 Å². The minimum Gasteiger partial charge on any atom is -0.465 e. The molecule has 1 heterocycles. The molecule has 3 rings (SSSR count). The fraction of sp³-hybridized carbons (Fsp3) is 0.182. The van der Waals surface area contributed by atoms with Crippen molar-refractivity contribution in [2.24, 2.45) is 0 Å². The number of rotatable bonds is 7. The fourth-order valence-corrected chi connectivity index (χ4v) is 3.76. The van der Waals surface area contributed by atoms with Crippen molar-refractivity contribution in [1.29, 1.82) is 0 Å². The molecule has 8 nitrogen and oxygen atoms in total. The highest BCUT2D eigenvalue weighted by Gasteiger charge is 2.21. The van der Waals surface area contributed by atoms with Crippen molar-refractivity contribution < 1.29 is 23.9 Å². The molecular formula is C22H20N2O6S. The number of fused-ring (bicyclic) bond motifs is 1. The number of hydrogen-bond acceptors (Lipinski definition) is 7. The molecule has 160 valence electrons. The van der Waals surface area contributed by atoms with Crippen LogP contribution in [0.25, 0.3) is 10.9 Å². The number of carbonyl (C=O) groups excluding carboxylic acids is 3. The summed E-state index contributed by atoms with van der Waals surface area (Å²) in [5.41, 5.74) is 0.446. The number of aromatic nitrogens is 1. The second kappa shape index (κ2) is 9.94. The summed E-state index contributed by atoms with van der Waals surface area (Å²) in [6, 6.07) is 13.2. The molecule has 1 amide bonds. The topological polar surface area (TPSA) is 115 Å². The summed E-state index contributed by atoms with van der Waals surface area (Å²) < 4.78 is 9.75. The van der Waals surface area contributed by atoms with E-state index in [1.165, 1.54) is 7.11 Å². The Morgan fingerprint density at radius 2 is 1.74 bits per heavy atom. The molecule has 0 radical (unpaired) electrons. The van der Waals surface area contributed by atoms with Gasteiger partial charge in [-0.15, -0.1) is 0 Å². The van der Waals surface area contributed by atoms with Crippen molar-refractivity contribution in [1.82, 2.24) is 4.98 Å².